The first-order valence-corrected chi connectivity index (χ1v) is 10.3. The molecule has 2 aromatic rings. The van der Waals surface area contributed by atoms with Crippen molar-refractivity contribution in [1.29, 1.82) is 0 Å². The highest BCUT2D eigenvalue weighted by Crippen LogP contribution is 2.39. The monoisotopic (exact) mass is 478 g/mol. The van der Waals surface area contributed by atoms with Crippen LogP contribution in [0.1, 0.15) is 6.23 Å². The van der Waals surface area contributed by atoms with Gasteiger partial charge in [-0.15, -0.1) is 0 Å². The van der Waals surface area contributed by atoms with Gasteiger partial charge in [0.05, 0.1) is 19.5 Å². The summed E-state index contributed by atoms with van der Waals surface area (Å²) in [5.41, 5.74) is 6.22. The van der Waals surface area contributed by atoms with Crippen LogP contribution in [0.4, 0.5) is 5.82 Å². The molecule has 0 radical (unpaired) electrons. The van der Waals surface area contributed by atoms with E-state index in [-0.39, 0.29) is 23.1 Å². The van der Waals surface area contributed by atoms with Crippen LogP contribution >= 0.6 is 7.75 Å². The first-order chi connectivity index (χ1) is 14.6. The maximum atomic E-state index is 12.0. The van der Waals surface area contributed by atoms with Gasteiger partial charge < -0.3 is 42.2 Å². The number of nitrogens with zero attached hydrogens (tertiary/aromatic N) is 4. The number of aromatic nitrogens is 4. The molecule has 17 nitrogen and oxygen atoms in total. The Hall–Kier alpha value is -2.76. The minimum absolute atomic E-state index is 0. The van der Waals surface area contributed by atoms with Gasteiger partial charge in [0.15, 0.2) is 17.7 Å². The lowest BCUT2D eigenvalue weighted by Gasteiger charge is -2.18. The predicted molar refractivity (Wildman–Crippen MR) is 105 cm³/mol. The van der Waals surface area contributed by atoms with Crippen molar-refractivity contribution in [1.82, 2.24) is 36.1 Å². The number of rotatable bonds is 9. The van der Waals surface area contributed by atoms with E-state index < -0.39 is 63.9 Å². The van der Waals surface area contributed by atoms with E-state index in [0.717, 1.165) is 0 Å². The Balaban J connectivity index is 0.00000363. The number of amides is 1. The second-order valence-electron chi connectivity index (χ2n) is 6.45. The molecule has 0 saturated carbocycles. The molecule has 1 unspecified atom stereocenters. The Bertz CT molecular complexity index is 1020. The highest BCUT2D eigenvalue weighted by molar-refractivity contribution is 7.50. The number of carbonyl (C=O) groups is 2. The number of nitrogens with one attached hydrogen (secondary N) is 2. The maximum Gasteiger partial charge on any atom is 0.403 e. The van der Waals surface area contributed by atoms with E-state index in [9.17, 15) is 29.3 Å². The molecule has 18 heteroatoms. The zero-order valence-corrected chi connectivity index (χ0v) is 17.3. The number of nitrogen functional groups attached to an aromatic ring is 1. The van der Waals surface area contributed by atoms with E-state index in [0.29, 0.717) is 0 Å². The van der Waals surface area contributed by atoms with Gasteiger partial charge in [-0.1, -0.05) is 0 Å². The number of aliphatic carboxylic acids is 1. The molecule has 3 heterocycles. The molecule has 0 aromatic carbocycles. The summed E-state index contributed by atoms with van der Waals surface area (Å²) in [6, 6.07) is 0. The fourth-order valence-electron chi connectivity index (χ4n) is 2.78. The van der Waals surface area contributed by atoms with Crippen molar-refractivity contribution >= 4 is 36.6 Å². The van der Waals surface area contributed by atoms with E-state index in [2.05, 4.69) is 15.0 Å². The van der Waals surface area contributed by atoms with Crippen molar-refractivity contribution in [2.75, 3.05) is 25.4 Å². The number of ether oxygens (including phenoxy) is 1. The number of nitrogens with two attached hydrogens (primary N) is 1. The van der Waals surface area contributed by atoms with Crippen LogP contribution in [0.2, 0.25) is 0 Å². The molecule has 1 saturated heterocycles. The zero-order valence-electron chi connectivity index (χ0n) is 16.4. The molecule has 32 heavy (non-hydrogen) atoms. The number of carboxylic acids is 1. The topological polar surface area (TPSA) is 279 Å². The Morgan fingerprint density at radius 3 is 2.66 bits per heavy atom. The normalized spacial score (nSPS) is 24.6. The molecule has 3 rings (SSSR count). The van der Waals surface area contributed by atoms with Gasteiger partial charge in [-0.2, -0.15) is 0 Å². The second kappa shape index (κ2) is 10.2. The summed E-state index contributed by atoms with van der Waals surface area (Å²) in [5, 5.41) is 33.0. The Morgan fingerprint density at radius 1 is 1.25 bits per heavy atom. The van der Waals surface area contributed by atoms with Gasteiger partial charge in [0, 0.05) is 0 Å². The van der Waals surface area contributed by atoms with Gasteiger partial charge in [0.1, 0.15) is 36.7 Å². The van der Waals surface area contributed by atoms with E-state index in [4.69, 9.17) is 20.1 Å². The van der Waals surface area contributed by atoms with Crippen molar-refractivity contribution in [2.45, 2.75) is 24.5 Å². The molecular weight excluding hydrogens is 455 g/mol. The number of hydrogen-bond acceptors (Lipinski definition) is 12. The average Bonchev–Trinajstić information content (AvgIpc) is 3.26. The third kappa shape index (κ3) is 5.72. The van der Waals surface area contributed by atoms with Crippen LogP contribution in [-0.2, 0) is 23.4 Å². The Morgan fingerprint density at radius 2 is 1.97 bits per heavy atom. The molecule has 178 valence electrons. The lowest BCUT2D eigenvalue weighted by Crippen LogP contribution is -2.37. The van der Waals surface area contributed by atoms with Crippen LogP contribution in [0.25, 0.3) is 11.2 Å². The average molecular weight is 478 g/mol. The van der Waals surface area contributed by atoms with Crippen LogP contribution in [0.3, 0.4) is 0 Å². The fraction of sp³-hybridized carbons (Fsp3) is 0.500. The molecule has 0 bridgehead atoms. The SMILES string of the molecule is N.Nc1ncnc2c1ncn2[C@@H]1O[C@H](COP(=O)(O)NCC(=O)NCC(=O)O)[C@@H](O)[C@H]1O. The first-order valence-electron chi connectivity index (χ1n) is 8.74. The molecule has 1 fully saturated rings. The van der Waals surface area contributed by atoms with E-state index >= 15 is 0 Å². The number of hydrogen-bond donors (Lipinski definition) is 8. The molecule has 11 N–H and O–H groups in total. The van der Waals surface area contributed by atoms with Gasteiger partial charge in [-0.25, -0.2) is 24.6 Å². The zero-order chi connectivity index (χ0) is 22.8. The molecular formula is C14H23N8O9P. The summed E-state index contributed by atoms with van der Waals surface area (Å²) in [5.74, 6) is -2.02. The van der Waals surface area contributed by atoms with Crippen LogP contribution in [0, 0.1) is 0 Å². The molecule has 1 aliphatic heterocycles. The smallest absolute Gasteiger partial charge is 0.403 e. The summed E-state index contributed by atoms with van der Waals surface area (Å²) in [6.45, 7) is -1.96. The molecule has 0 spiro atoms. The number of carbonyl (C=O) groups excluding carboxylic acids is 1. The minimum Gasteiger partial charge on any atom is -0.480 e. The summed E-state index contributed by atoms with van der Waals surface area (Å²) in [7, 11) is -4.51. The van der Waals surface area contributed by atoms with Crippen LogP contribution in [0.15, 0.2) is 12.7 Å². The molecule has 1 aliphatic rings. The lowest BCUT2D eigenvalue weighted by atomic mass is 10.1. The van der Waals surface area contributed by atoms with Crippen LogP contribution in [0.5, 0.6) is 0 Å². The van der Waals surface area contributed by atoms with E-state index in [1.807, 2.05) is 10.4 Å². The summed E-state index contributed by atoms with van der Waals surface area (Å²) >= 11 is 0. The molecule has 2 aromatic heterocycles. The lowest BCUT2D eigenvalue weighted by molar-refractivity contribution is -0.137. The number of fused-ring (bicyclic) bond motifs is 1. The standard InChI is InChI=1S/C14H20N7O9P.H3N/c15-12-9-13(18-4-17-12)21(5-19-9)14-11(26)10(25)6(30-14)3-29-31(27,28)20-1-7(22)16-2-8(23)24;/h4-6,10-11,14,25-26H,1-3H2,(H,16,22)(H,23,24)(H2,15,17,18)(H2,20,27,28);1H3/t6-,10-,11-,14-;/m1./s1. The maximum absolute atomic E-state index is 12.0. The van der Waals surface area contributed by atoms with Crippen molar-refractivity contribution < 1.29 is 43.6 Å². The third-order valence-corrected chi connectivity index (χ3v) is 5.35. The van der Waals surface area contributed by atoms with Gasteiger partial charge in [0.25, 0.3) is 0 Å². The Kier molecular flexibility index (Phi) is 8.16. The van der Waals surface area contributed by atoms with Crippen molar-refractivity contribution in [3.05, 3.63) is 12.7 Å². The highest BCUT2D eigenvalue weighted by atomic mass is 31.2. The molecule has 5 atom stereocenters. The number of aliphatic hydroxyl groups is 2. The van der Waals surface area contributed by atoms with Crippen molar-refractivity contribution in [3.63, 3.8) is 0 Å². The molecule has 0 aliphatic carbocycles. The van der Waals surface area contributed by atoms with Gasteiger partial charge >= 0.3 is 13.7 Å². The fourth-order valence-corrected chi connectivity index (χ4v) is 3.57. The van der Waals surface area contributed by atoms with Crippen molar-refractivity contribution in [2.24, 2.45) is 0 Å². The third-order valence-electron chi connectivity index (χ3n) is 4.29. The summed E-state index contributed by atoms with van der Waals surface area (Å²) in [4.78, 5) is 43.4. The number of imidazole rings is 1. The van der Waals surface area contributed by atoms with E-state index in [1.54, 1.807) is 0 Å². The summed E-state index contributed by atoms with van der Waals surface area (Å²) < 4.78 is 23.7. The van der Waals surface area contributed by atoms with Crippen molar-refractivity contribution in [3.8, 4) is 0 Å². The quantitative estimate of drug-likeness (QED) is 0.168. The molecule has 1 amide bonds. The number of carboxylic acid groups (broad SMARTS) is 1. The van der Waals surface area contributed by atoms with E-state index in [1.165, 1.54) is 17.2 Å². The summed E-state index contributed by atoms with van der Waals surface area (Å²) in [6.07, 6.45) is -2.81. The minimum atomic E-state index is -4.51. The van der Waals surface area contributed by atoms with Gasteiger partial charge in [-0.05, 0) is 0 Å². The Labute approximate surface area is 179 Å². The predicted octanol–water partition coefficient (Wildman–Crippen LogP) is -2.90. The number of anilines is 1. The highest BCUT2D eigenvalue weighted by Gasteiger charge is 2.45. The first kappa shape index (κ1) is 25.5. The number of aliphatic hydroxyl groups excluding tert-OH is 2. The second-order valence-corrected chi connectivity index (χ2v) is 8.07. The van der Waals surface area contributed by atoms with Gasteiger partial charge in [-0.3, -0.25) is 18.7 Å². The van der Waals surface area contributed by atoms with Crippen LogP contribution in [-0.4, -0.2) is 89.6 Å². The van der Waals surface area contributed by atoms with Crippen LogP contribution < -0.4 is 22.3 Å². The van der Waals surface area contributed by atoms with Gasteiger partial charge in [0.2, 0.25) is 5.91 Å². The largest absolute Gasteiger partial charge is 0.480 e.